The quantitative estimate of drug-likeness (QED) is 0.823. The maximum absolute atomic E-state index is 13.1. The Morgan fingerprint density at radius 3 is 2.61 bits per heavy atom. The highest BCUT2D eigenvalue weighted by atomic mass is 32.2. The van der Waals surface area contributed by atoms with E-state index in [0.717, 1.165) is 30.8 Å². The zero-order valence-electron chi connectivity index (χ0n) is 14.2. The second-order valence-electron chi connectivity index (χ2n) is 6.40. The zero-order valence-corrected chi connectivity index (χ0v) is 15.0. The number of amides is 2. The van der Waals surface area contributed by atoms with Gasteiger partial charge in [0.05, 0.1) is 17.6 Å². The summed E-state index contributed by atoms with van der Waals surface area (Å²) in [4.78, 5) is 28.5. The minimum Gasteiger partial charge on any atom is -0.334 e. The van der Waals surface area contributed by atoms with Crippen molar-refractivity contribution in [1.29, 1.82) is 0 Å². The number of carbonyl (C=O) groups is 2. The fraction of sp³-hybridized carbons (Fsp3) is 0.688. The van der Waals surface area contributed by atoms with Gasteiger partial charge in [0.15, 0.2) is 0 Å². The van der Waals surface area contributed by atoms with Crippen molar-refractivity contribution in [3.63, 3.8) is 0 Å². The third-order valence-electron chi connectivity index (χ3n) is 5.01. The van der Waals surface area contributed by atoms with Gasteiger partial charge in [-0.1, -0.05) is 0 Å². The largest absolute Gasteiger partial charge is 0.334 e. The van der Waals surface area contributed by atoms with E-state index in [4.69, 9.17) is 0 Å². The average molecular weight is 336 g/mol. The van der Waals surface area contributed by atoms with Crippen LogP contribution < -0.4 is 0 Å². The van der Waals surface area contributed by atoms with Crippen LogP contribution in [0.5, 0.6) is 0 Å². The van der Waals surface area contributed by atoms with Gasteiger partial charge in [-0.2, -0.15) is 5.10 Å². The van der Waals surface area contributed by atoms with Crippen LogP contribution in [0.1, 0.15) is 42.8 Å². The highest BCUT2D eigenvalue weighted by Crippen LogP contribution is 2.37. The minimum atomic E-state index is -0.310. The van der Waals surface area contributed by atoms with Crippen molar-refractivity contribution in [3.8, 4) is 0 Å². The number of rotatable bonds is 2. The lowest BCUT2D eigenvalue weighted by Crippen LogP contribution is -2.48. The van der Waals surface area contributed by atoms with E-state index in [-0.39, 0.29) is 23.9 Å². The van der Waals surface area contributed by atoms with Gasteiger partial charge in [-0.15, -0.1) is 11.8 Å². The molecule has 2 saturated heterocycles. The fourth-order valence-electron chi connectivity index (χ4n) is 3.75. The highest BCUT2D eigenvalue weighted by Gasteiger charge is 2.41. The number of nitrogens with zero attached hydrogens (tertiary/aromatic N) is 4. The van der Waals surface area contributed by atoms with Crippen molar-refractivity contribution in [2.45, 2.75) is 45.7 Å². The molecule has 0 bridgehead atoms. The van der Waals surface area contributed by atoms with E-state index in [2.05, 4.69) is 12.0 Å². The Kier molecular flexibility index (Phi) is 4.40. The lowest BCUT2D eigenvalue weighted by molar-refractivity contribution is -0.143. The van der Waals surface area contributed by atoms with Crippen LogP contribution >= 0.6 is 11.8 Å². The Labute approximate surface area is 141 Å². The van der Waals surface area contributed by atoms with Gasteiger partial charge >= 0.3 is 0 Å². The first-order chi connectivity index (χ1) is 10.9. The molecule has 23 heavy (non-hydrogen) atoms. The molecule has 0 aromatic carbocycles. The number of thioether (sulfide) groups is 1. The summed E-state index contributed by atoms with van der Waals surface area (Å²) < 4.78 is 1.89. The molecule has 1 aromatic rings. The van der Waals surface area contributed by atoms with Gasteiger partial charge in [0.1, 0.15) is 6.04 Å². The van der Waals surface area contributed by atoms with Crippen LogP contribution in [-0.2, 0) is 16.6 Å². The van der Waals surface area contributed by atoms with Crippen LogP contribution in [0.4, 0.5) is 0 Å². The number of aryl methyl sites for hydroxylation is 2. The number of hydrogen-bond donors (Lipinski definition) is 0. The summed E-state index contributed by atoms with van der Waals surface area (Å²) >= 11 is 1.65. The Morgan fingerprint density at radius 2 is 2.00 bits per heavy atom. The van der Waals surface area contributed by atoms with Crippen molar-refractivity contribution in [2.75, 3.05) is 18.2 Å². The third-order valence-corrected chi connectivity index (χ3v) is 6.02. The van der Waals surface area contributed by atoms with Crippen LogP contribution in [0, 0.1) is 13.8 Å². The molecule has 2 amide bonds. The molecule has 126 valence electrons. The second-order valence-corrected chi connectivity index (χ2v) is 7.40. The summed E-state index contributed by atoms with van der Waals surface area (Å²) in [6.45, 7) is 6.38. The summed E-state index contributed by atoms with van der Waals surface area (Å²) in [5.74, 6) is 1.40. The first-order valence-corrected chi connectivity index (χ1v) is 9.22. The summed E-state index contributed by atoms with van der Waals surface area (Å²) in [6.07, 6.45) is 1.98. The highest BCUT2D eigenvalue weighted by molar-refractivity contribution is 7.99. The molecular weight excluding hydrogens is 312 g/mol. The molecule has 2 aliphatic heterocycles. The number of carbonyl (C=O) groups excluding carboxylic acids is 2. The Balaban J connectivity index is 1.87. The Bertz CT molecular complexity index is 642. The number of aromatic nitrogens is 2. The average Bonchev–Trinajstić information content (AvgIpc) is 3.19. The predicted molar refractivity (Wildman–Crippen MR) is 90.0 cm³/mol. The van der Waals surface area contributed by atoms with E-state index < -0.39 is 0 Å². The van der Waals surface area contributed by atoms with Gasteiger partial charge in [-0.05, 0) is 26.7 Å². The normalized spacial score (nSPS) is 24.5. The first-order valence-electron chi connectivity index (χ1n) is 8.07. The van der Waals surface area contributed by atoms with Gasteiger partial charge in [0.2, 0.25) is 11.8 Å². The van der Waals surface area contributed by atoms with Crippen molar-refractivity contribution < 1.29 is 9.59 Å². The molecular formula is C16H24N4O2S. The van der Waals surface area contributed by atoms with Crippen LogP contribution in [0.15, 0.2) is 0 Å². The SMILES string of the molecule is CC(=O)N1CSC[C@@H]1C(=O)N1CCC[C@@H]1c1c(C)nn(C)c1C. The molecule has 0 N–H and O–H groups in total. The summed E-state index contributed by atoms with van der Waals surface area (Å²) in [6, 6.07) is -0.217. The van der Waals surface area contributed by atoms with Crippen LogP contribution in [-0.4, -0.2) is 55.6 Å². The van der Waals surface area contributed by atoms with Crippen LogP contribution in [0.25, 0.3) is 0 Å². The van der Waals surface area contributed by atoms with E-state index in [9.17, 15) is 9.59 Å². The summed E-state index contributed by atoms with van der Waals surface area (Å²) in [5.41, 5.74) is 3.30. The Morgan fingerprint density at radius 1 is 1.26 bits per heavy atom. The molecule has 3 heterocycles. The van der Waals surface area contributed by atoms with E-state index in [1.807, 2.05) is 23.6 Å². The molecule has 0 radical (unpaired) electrons. The third kappa shape index (κ3) is 2.75. The topological polar surface area (TPSA) is 58.4 Å². The van der Waals surface area contributed by atoms with Gasteiger partial charge in [-0.25, -0.2) is 0 Å². The van der Waals surface area contributed by atoms with Gasteiger partial charge in [0, 0.05) is 37.5 Å². The van der Waals surface area contributed by atoms with Gasteiger partial charge < -0.3 is 9.80 Å². The number of hydrogen-bond acceptors (Lipinski definition) is 4. The molecule has 6 nitrogen and oxygen atoms in total. The van der Waals surface area contributed by atoms with Crippen molar-refractivity contribution in [3.05, 3.63) is 17.0 Å². The molecule has 2 atom stereocenters. The molecule has 0 unspecified atom stereocenters. The van der Waals surface area contributed by atoms with Gasteiger partial charge in [0.25, 0.3) is 0 Å². The van der Waals surface area contributed by atoms with E-state index in [0.29, 0.717) is 11.6 Å². The van der Waals surface area contributed by atoms with Crippen molar-refractivity contribution in [2.24, 2.45) is 7.05 Å². The monoisotopic (exact) mass is 336 g/mol. The maximum atomic E-state index is 13.1. The van der Waals surface area contributed by atoms with Crippen molar-refractivity contribution in [1.82, 2.24) is 19.6 Å². The minimum absolute atomic E-state index is 0.0159. The smallest absolute Gasteiger partial charge is 0.246 e. The lowest BCUT2D eigenvalue weighted by atomic mass is 10.0. The second kappa shape index (κ2) is 6.19. The Hall–Kier alpha value is -1.50. The van der Waals surface area contributed by atoms with E-state index in [1.165, 1.54) is 5.56 Å². The van der Waals surface area contributed by atoms with Gasteiger partial charge in [-0.3, -0.25) is 14.3 Å². The molecule has 3 rings (SSSR count). The van der Waals surface area contributed by atoms with E-state index in [1.54, 1.807) is 23.6 Å². The van der Waals surface area contributed by atoms with Crippen LogP contribution in [0.3, 0.4) is 0 Å². The number of likely N-dealkylation sites (tertiary alicyclic amines) is 1. The maximum Gasteiger partial charge on any atom is 0.246 e. The lowest BCUT2D eigenvalue weighted by Gasteiger charge is -2.31. The zero-order chi connectivity index (χ0) is 16.7. The molecule has 0 aliphatic carbocycles. The molecule has 0 spiro atoms. The van der Waals surface area contributed by atoms with Crippen molar-refractivity contribution >= 4 is 23.6 Å². The van der Waals surface area contributed by atoms with E-state index >= 15 is 0 Å². The standard InChI is InChI=1S/C16H24N4O2S/c1-10-15(11(2)18(4)17-10)13-6-5-7-19(13)16(22)14-8-23-9-20(14)12(3)21/h13-14H,5-9H2,1-4H3/t13-,14-/m1/s1. The molecule has 1 aromatic heterocycles. The van der Waals surface area contributed by atoms with Crippen LogP contribution in [0.2, 0.25) is 0 Å². The predicted octanol–water partition coefficient (Wildman–Crippen LogP) is 1.62. The summed E-state index contributed by atoms with van der Waals surface area (Å²) in [7, 11) is 1.94. The molecule has 2 fully saturated rings. The molecule has 2 aliphatic rings. The molecule has 0 saturated carbocycles. The molecule has 7 heteroatoms. The first kappa shape index (κ1) is 16.4. The summed E-state index contributed by atoms with van der Waals surface area (Å²) in [5, 5.41) is 4.50. The fourth-order valence-corrected chi connectivity index (χ4v) is 4.96.